The van der Waals surface area contributed by atoms with Crippen molar-refractivity contribution >= 4 is 17.4 Å². The van der Waals surface area contributed by atoms with Gasteiger partial charge in [0, 0.05) is 17.2 Å². The van der Waals surface area contributed by atoms with E-state index in [2.05, 4.69) is 4.99 Å². The van der Waals surface area contributed by atoms with Gasteiger partial charge in [0.25, 0.3) is 0 Å². The lowest BCUT2D eigenvalue weighted by molar-refractivity contribution is 0.0594. The Balaban J connectivity index is 2.18. The maximum absolute atomic E-state index is 14.9. The number of benzene rings is 3. The van der Waals surface area contributed by atoms with Crippen molar-refractivity contribution in [2.45, 2.75) is 20.0 Å². The summed E-state index contributed by atoms with van der Waals surface area (Å²) in [6.45, 7) is 3.65. The molecule has 4 nitrogen and oxygen atoms in total. The molecule has 0 aliphatic carbocycles. The van der Waals surface area contributed by atoms with Crippen LogP contribution in [0.15, 0.2) is 77.8 Å². The van der Waals surface area contributed by atoms with E-state index in [0.29, 0.717) is 5.71 Å². The summed E-state index contributed by atoms with van der Waals surface area (Å²) < 4.78 is 25.4. The summed E-state index contributed by atoms with van der Waals surface area (Å²) in [6.07, 6.45) is -0.205. The minimum atomic E-state index is -0.665. The van der Waals surface area contributed by atoms with Crippen molar-refractivity contribution in [2.24, 2.45) is 4.99 Å². The molecular formula is C24H22FNO3. The van der Waals surface area contributed by atoms with Gasteiger partial charge in [0.2, 0.25) is 0 Å². The summed E-state index contributed by atoms with van der Waals surface area (Å²) in [5.41, 5.74) is 2.42. The highest BCUT2D eigenvalue weighted by atomic mass is 19.1. The van der Waals surface area contributed by atoms with Crippen LogP contribution in [-0.2, 0) is 4.74 Å². The fraction of sp³-hybridized carbons (Fsp3) is 0.167. The average molecular weight is 391 g/mol. The Morgan fingerprint density at radius 3 is 1.97 bits per heavy atom. The van der Waals surface area contributed by atoms with E-state index in [0.717, 1.165) is 17.2 Å². The molecule has 0 aliphatic heterocycles. The van der Waals surface area contributed by atoms with Crippen molar-refractivity contribution in [1.29, 1.82) is 0 Å². The van der Waals surface area contributed by atoms with Gasteiger partial charge in [-0.25, -0.2) is 14.2 Å². The molecule has 0 heterocycles. The normalized spacial score (nSPS) is 10.5. The summed E-state index contributed by atoms with van der Waals surface area (Å²) in [4.78, 5) is 16.6. The molecular weight excluding hydrogens is 369 g/mol. The van der Waals surface area contributed by atoms with E-state index in [-0.39, 0.29) is 23.1 Å². The number of rotatable bonds is 6. The number of hydrogen-bond donors (Lipinski definition) is 0. The molecule has 0 bridgehead atoms. The molecule has 3 aromatic carbocycles. The first-order valence-electron chi connectivity index (χ1n) is 9.27. The SMILES string of the molecule is COC(=O)c1cc(F)c(N=C(c2ccccc2)c2ccccc2)cc1OC(C)C. The van der Waals surface area contributed by atoms with Crippen LogP contribution in [0.4, 0.5) is 10.1 Å². The fourth-order valence-corrected chi connectivity index (χ4v) is 2.86. The molecule has 0 atom stereocenters. The number of carbonyl (C=O) groups is 1. The van der Waals surface area contributed by atoms with Gasteiger partial charge in [0.15, 0.2) is 0 Å². The van der Waals surface area contributed by atoms with Crippen LogP contribution in [0, 0.1) is 5.82 Å². The molecule has 0 radical (unpaired) electrons. The van der Waals surface area contributed by atoms with Gasteiger partial charge in [0.1, 0.15) is 22.8 Å². The van der Waals surface area contributed by atoms with E-state index in [4.69, 9.17) is 9.47 Å². The van der Waals surface area contributed by atoms with Crippen LogP contribution in [-0.4, -0.2) is 24.9 Å². The molecule has 0 amide bonds. The molecule has 5 heteroatoms. The monoisotopic (exact) mass is 391 g/mol. The molecule has 3 rings (SSSR count). The topological polar surface area (TPSA) is 47.9 Å². The van der Waals surface area contributed by atoms with Gasteiger partial charge < -0.3 is 9.47 Å². The fourth-order valence-electron chi connectivity index (χ4n) is 2.86. The van der Waals surface area contributed by atoms with E-state index in [1.165, 1.54) is 13.2 Å². The van der Waals surface area contributed by atoms with Gasteiger partial charge in [-0.1, -0.05) is 60.7 Å². The molecule has 0 aromatic heterocycles. The van der Waals surface area contributed by atoms with Gasteiger partial charge in [-0.3, -0.25) is 0 Å². The van der Waals surface area contributed by atoms with Gasteiger partial charge in [0.05, 0.1) is 18.9 Å². The molecule has 3 aromatic rings. The standard InChI is InChI=1S/C24H22FNO3/c1-16(2)29-22-15-21(20(25)14-19(22)24(27)28-3)26-23(17-10-6-4-7-11-17)18-12-8-5-9-13-18/h4-16H,1-3H3. The highest BCUT2D eigenvalue weighted by Crippen LogP contribution is 2.31. The average Bonchev–Trinajstić information content (AvgIpc) is 2.74. The van der Waals surface area contributed by atoms with Crippen LogP contribution in [0.1, 0.15) is 35.3 Å². The van der Waals surface area contributed by atoms with Crippen molar-refractivity contribution in [3.63, 3.8) is 0 Å². The molecule has 0 N–H and O–H groups in total. The third-order valence-corrected chi connectivity index (χ3v) is 4.14. The molecule has 0 saturated heterocycles. The summed E-state index contributed by atoms with van der Waals surface area (Å²) in [6, 6.07) is 21.6. The van der Waals surface area contributed by atoms with Crippen molar-refractivity contribution in [3.8, 4) is 5.75 Å². The smallest absolute Gasteiger partial charge is 0.341 e. The lowest BCUT2D eigenvalue weighted by Gasteiger charge is -2.15. The third-order valence-electron chi connectivity index (χ3n) is 4.14. The summed E-state index contributed by atoms with van der Waals surface area (Å²) in [5, 5.41) is 0. The minimum Gasteiger partial charge on any atom is -0.490 e. The van der Waals surface area contributed by atoms with Crippen LogP contribution in [0.2, 0.25) is 0 Å². The Kier molecular flexibility index (Phi) is 6.39. The van der Waals surface area contributed by atoms with Crippen LogP contribution in [0.3, 0.4) is 0 Å². The maximum atomic E-state index is 14.9. The second kappa shape index (κ2) is 9.15. The zero-order chi connectivity index (χ0) is 20.8. The first-order valence-corrected chi connectivity index (χ1v) is 9.27. The maximum Gasteiger partial charge on any atom is 0.341 e. The van der Waals surface area contributed by atoms with Crippen molar-refractivity contribution < 1.29 is 18.7 Å². The minimum absolute atomic E-state index is 0.0265. The lowest BCUT2D eigenvalue weighted by atomic mass is 10.0. The molecule has 0 spiro atoms. The van der Waals surface area contributed by atoms with Crippen LogP contribution < -0.4 is 4.74 Å². The number of nitrogens with zero attached hydrogens (tertiary/aromatic N) is 1. The predicted octanol–water partition coefficient (Wildman–Crippen LogP) is 5.57. The Morgan fingerprint density at radius 1 is 0.931 bits per heavy atom. The van der Waals surface area contributed by atoms with Crippen LogP contribution >= 0.6 is 0 Å². The Bertz CT molecular complexity index is 974. The first-order chi connectivity index (χ1) is 14.0. The third kappa shape index (κ3) is 4.88. The predicted molar refractivity (Wildman–Crippen MR) is 112 cm³/mol. The van der Waals surface area contributed by atoms with E-state index in [1.807, 2.05) is 74.5 Å². The second-order valence-electron chi connectivity index (χ2n) is 6.65. The van der Waals surface area contributed by atoms with E-state index < -0.39 is 11.8 Å². The first kappa shape index (κ1) is 20.3. The van der Waals surface area contributed by atoms with Crippen molar-refractivity contribution in [3.05, 3.63) is 95.3 Å². The molecule has 148 valence electrons. The zero-order valence-corrected chi connectivity index (χ0v) is 16.6. The highest BCUT2D eigenvalue weighted by molar-refractivity contribution is 6.14. The number of ether oxygens (including phenoxy) is 2. The molecule has 0 unspecified atom stereocenters. The van der Waals surface area contributed by atoms with E-state index in [9.17, 15) is 9.18 Å². The van der Waals surface area contributed by atoms with Crippen LogP contribution in [0.5, 0.6) is 5.75 Å². The number of aliphatic imine (C=N–C) groups is 1. The van der Waals surface area contributed by atoms with Crippen molar-refractivity contribution in [2.75, 3.05) is 7.11 Å². The number of halogens is 1. The van der Waals surface area contributed by atoms with Crippen LogP contribution in [0.25, 0.3) is 0 Å². The summed E-state index contributed by atoms with van der Waals surface area (Å²) >= 11 is 0. The second-order valence-corrected chi connectivity index (χ2v) is 6.65. The molecule has 0 saturated carbocycles. The van der Waals surface area contributed by atoms with Gasteiger partial charge in [-0.15, -0.1) is 0 Å². The molecule has 29 heavy (non-hydrogen) atoms. The molecule has 0 aliphatic rings. The van der Waals surface area contributed by atoms with E-state index >= 15 is 0 Å². The van der Waals surface area contributed by atoms with Gasteiger partial charge in [-0.05, 0) is 19.9 Å². The van der Waals surface area contributed by atoms with E-state index in [1.54, 1.807) is 0 Å². The Hall–Kier alpha value is -3.47. The number of hydrogen-bond acceptors (Lipinski definition) is 4. The Labute approximate surface area is 169 Å². The summed E-state index contributed by atoms with van der Waals surface area (Å²) in [5.74, 6) is -1.07. The quantitative estimate of drug-likeness (QED) is 0.408. The number of carbonyl (C=O) groups excluding carboxylic acids is 1. The molecule has 0 fully saturated rings. The summed E-state index contributed by atoms with van der Waals surface area (Å²) in [7, 11) is 1.24. The van der Waals surface area contributed by atoms with Crippen molar-refractivity contribution in [1.82, 2.24) is 0 Å². The highest BCUT2D eigenvalue weighted by Gasteiger charge is 2.19. The van der Waals surface area contributed by atoms with Gasteiger partial charge in [-0.2, -0.15) is 0 Å². The Morgan fingerprint density at radius 2 is 1.48 bits per heavy atom. The number of methoxy groups -OCH3 is 1. The van der Waals surface area contributed by atoms with Gasteiger partial charge >= 0.3 is 5.97 Å². The lowest BCUT2D eigenvalue weighted by Crippen LogP contribution is -2.11. The zero-order valence-electron chi connectivity index (χ0n) is 16.6. The number of esters is 1. The largest absolute Gasteiger partial charge is 0.490 e.